The van der Waals surface area contributed by atoms with Crippen molar-refractivity contribution in [1.82, 2.24) is 5.32 Å². The van der Waals surface area contributed by atoms with E-state index in [2.05, 4.69) is 19.2 Å². The smallest absolute Gasteiger partial charge is 0.121 e. The maximum Gasteiger partial charge on any atom is 0.121 e. The molecule has 0 saturated heterocycles. The minimum atomic E-state index is 0.332. The van der Waals surface area contributed by atoms with Crippen LogP contribution in [0.2, 0.25) is 0 Å². The van der Waals surface area contributed by atoms with Crippen LogP contribution in [0, 0.1) is 12.8 Å². The maximum absolute atomic E-state index is 5.54. The highest BCUT2D eigenvalue weighted by Gasteiger charge is 2.16. The predicted octanol–water partition coefficient (Wildman–Crippen LogP) is 2.50. The van der Waals surface area contributed by atoms with Gasteiger partial charge < -0.3 is 9.73 Å². The van der Waals surface area contributed by atoms with Gasteiger partial charge in [-0.05, 0) is 32.0 Å². The van der Waals surface area contributed by atoms with Crippen LogP contribution in [-0.4, -0.2) is 7.05 Å². The van der Waals surface area contributed by atoms with E-state index in [1.165, 1.54) is 0 Å². The van der Waals surface area contributed by atoms with Crippen molar-refractivity contribution in [3.05, 3.63) is 23.7 Å². The summed E-state index contributed by atoms with van der Waals surface area (Å²) >= 11 is 0. The van der Waals surface area contributed by atoms with Crippen molar-refractivity contribution in [3.8, 4) is 0 Å². The molecule has 0 amide bonds. The molecule has 0 aromatic carbocycles. The minimum Gasteiger partial charge on any atom is -0.465 e. The second-order valence-corrected chi connectivity index (χ2v) is 3.46. The van der Waals surface area contributed by atoms with Crippen LogP contribution in [0.3, 0.4) is 0 Å². The van der Waals surface area contributed by atoms with E-state index in [1.807, 2.05) is 26.1 Å². The Balaban J connectivity index is 2.80. The zero-order valence-corrected chi connectivity index (χ0v) is 8.22. The van der Waals surface area contributed by atoms with Crippen molar-refractivity contribution < 1.29 is 4.42 Å². The van der Waals surface area contributed by atoms with Gasteiger partial charge >= 0.3 is 0 Å². The lowest BCUT2D eigenvalue weighted by molar-refractivity contribution is 0.352. The third-order valence-electron chi connectivity index (χ3n) is 2.05. The van der Waals surface area contributed by atoms with Crippen LogP contribution in [0.25, 0.3) is 0 Å². The number of hydrogen-bond donors (Lipinski definition) is 1. The van der Waals surface area contributed by atoms with Crippen molar-refractivity contribution in [1.29, 1.82) is 0 Å². The van der Waals surface area contributed by atoms with E-state index in [4.69, 9.17) is 4.42 Å². The highest BCUT2D eigenvalue weighted by Crippen LogP contribution is 2.22. The first-order valence-electron chi connectivity index (χ1n) is 4.38. The van der Waals surface area contributed by atoms with Gasteiger partial charge in [-0.2, -0.15) is 0 Å². The molecule has 0 fully saturated rings. The van der Waals surface area contributed by atoms with Crippen molar-refractivity contribution >= 4 is 0 Å². The first-order chi connectivity index (χ1) is 5.65. The van der Waals surface area contributed by atoms with Gasteiger partial charge in [0.1, 0.15) is 11.5 Å². The van der Waals surface area contributed by atoms with Crippen molar-refractivity contribution in [3.63, 3.8) is 0 Å². The molecule has 0 aliphatic heterocycles. The molecule has 0 aliphatic carbocycles. The molecule has 1 rings (SSSR count). The molecule has 68 valence electrons. The summed E-state index contributed by atoms with van der Waals surface area (Å²) < 4.78 is 5.54. The normalized spacial score (nSPS) is 13.8. The van der Waals surface area contributed by atoms with Gasteiger partial charge in [-0.3, -0.25) is 0 Å². The molecule has 1 unspecified atom stereocenters. The monoisotopic (exact) mass is 167 g/mol. The quantitative estimate of drug-likeness (QED) is 0.748. The van der Waals surface area contributed by atoms with Crippen LogP contribution >= 0.6 is 0 Å². The molecule has 12 heavy (non-hydrogen) atoms. The zero-order valence-electron chi connectivity index (χ0n) is 8.22. The van der Waals surface area contributed by atoms with Gasteiger partial charge in [0.15, 0.2) is 0 Å². The second kappa shape index (κ2) is 3.76. The first-order valence-corrected chi connectivity index (χ1v) is 4.38. The number of furan rings is 1. The van der Waals surface area contributed by atoms with Gasteiger partial charge in [-0.15, -0.1) is 0 Å². The molecule has 1 N–H and O–H groups in total. The third-order valence-corrected chi connectivity index (χ3v) is 2.05. The van der Waals surface area contributed by atoms with E-state index >= 15 is 0 Å². The Kier molecular flexibility index (Phi) is 2.93. The van der Waals surface area contributed by atoms with E-state index in [-0.39, 0.29) is 0 Å². The Hall–Kier alpha value is -0.760. The molecular formula is C10H17NO. The fraction of sp³-hybridized carbons (Fsp3) is 0.600. The molecule has 0 saturated carbocycles. The second-order valence-electron chi connectivity index (χ2n) is 3.46. The molecule has 1 aromatic heterocycles. The highest BCUT2D eigenvalue weighted by molar-refractivity contribution is 5.10. The zero-order chi connectivity index (χ0) is 9.14. The van der Waals surface area contributed by atoms with Crippen LogP contribution in [0.1, 0.15) is 31.4 Å². The summed E-state index contributed by atoms with van der Waals surface area (Å²) in [5.41, 5.74) is 0. The van der Waals surface area contributed by atoms with Gasteiger partial charge in [0.2, 0.25) is 0 Å². The van der Waals surface area contributed by atoms with Crippen molar-refractivity contribution in [2.24, 2.45) is 5.92 Å². The van der Waals surface area contributed by atoms with Crippen LogP contribution in [0.15, 0.2) is 16.5 Å². The Morgan fingerprint density at radius 1 is 1.33 bits per heavy atom. The molecule has 1 heterocycles. The summed E-state index contributed by atoms with van der Waals surface area (Å²) in [6, 6.07) is 4.37. The van der Waals surface area contributed by atoms with E-state index in [0.29, 0.717) is 12.0 Å². The van der Waals surface area contributed by atoms with Crippen LogP contribution in [0.4, 0.5) is 0 Å². The average Bonchev–Trinajstić information content (AvgIpc) is 2.37. The Bertz CT molecular complexity index is 240. The summed E-state index contributed by atoms with van der Waals surface area (Å²) in [4.78, 5) is 0. The molecular weight excluding hydrogens is 150 g/mol. The summed E-state index contributed by atoms with van der Waals surface area (Å²) in [5.74, 6) is 2.57. The Morgan fingerprint density at radius 3 is 2.33 bits per heavy atom. The van der Waals surface area contributed by atoms with Gasteiger partial charge in [0.25, 0.3) is 0 Å². The molecule has 1 atom stereocenters. The van der Waals surface area contributed by atoms with E-state index in [0.717, 1.165) is 11.5 Å². The average molecular weight is 167 g/mol. The van der Waals surface area contributed by atoms with Gasteiger partial charge in [0.05, 0.1) is 6.04 Å². The number of rotatable bonds is 3. The molecule has 2 heteroatoms. The Morgan fingerprint density at radius 2 is 2.00 bits per heavy atom. The molecule has 2 nitrogen and oxygen atoms in total. The fourth-order valence-corrected chi connectivity index (χ4v) is 1.42. The van der Waals surface area contributed by atoms with Crippen molar-refractivity contribution in [2.45, 2.75) is 26.8 Å². The third kappa shape index (κ3) is 1.89. The van der Waals surface area contributed by atoms with Gasteiger partial charge in [0, 0.05) is 0 Å². The summed E-state index contributed by atoms with van der Waals surface area (Å²) in [5, 5.41) is 3.24. The first kappa shape index (κ1) is 9.33. The predicted molar refractivity (Wildman–Crippen MR) is 50.1 cm³/mol. The van der Waals surface area contributed by atoms with Gasteiger partial charge in [-0.25, -0.2) is 0 Å². The molecule has 1 aromatic rings. The lowest BCUT2D eigenvalue weighted by Gasteiger charge is -2.17. The summed E-state index contributed by atoms with van der Waals surface area (Å²) in [6.07, 6.45) is 0. The fourth-order valence-electron chi connectivity index (χ4n) is 1.42. The number of aryl methyl sites for hydroxylation is 1. The van der Waals surface area contributed by atoms with E-state index < -0.39 is 0 Å². The van der Waals surface area contributed by atoms with E-state index in [9.17, 15) is 0 Å². The number of nitrogens with one attached hydrogen (secondary N) is 1. The standard InChI is InChI=1S/C10H17NO/c1-7(2)10(11-4)9-6-5-8(3)12-9/h5-7,10-11H,1-4H3. The molecule has 0 aliphatic rings. The molecule has 0 spiro atoms. The number of hydrogen-bond acceptors (Lipinski definition) is 2. The topological polar surface area (TPSA) is 25.2 Å². The molecule has 0 radical (unpaired) electrons. The van der Waals surface area contributed by atoms with Gasteiger partial charge in [-0.1, -0.05) is 13.8 Å². The molecule has 0 bridgehead atoms. The Labute approximate surface area is 74.0 Å². The maximum atomic E-state index is 5.54. The SMILES string of the molecule is CNC(c1ccc(C)o1)C(C)C. The highest BCUT2D eigenvalue weighted by atomic mass is 16.3. The lowest BCUT2D eigenvalue weighted by Crippen LogP contribution is -2.20. The van der Waals surface area contributed by atoms with Crippen LogP contribution in [-0.2, 0) is 0 Å². The van der Waals surface area contributed by atoms with Crippen molar-refractivity contribution in [2.75, 3.05) is 7.05 Å². The van der Waals surface area contributed by atoms with Crippen LogP contribution in [0.5, 0.6) is 0 Å². The minimum absolute atomic E-state index is 0.332. The van der Waals surface area contributed by atoms with E-state index in [1.54, 1.807) is 0 Å². The summed E-state index contributed by atoms with van der Waals surface area (Å²) in [7, 11) is 1.96. The van der Waals surface area contributed by atoms with Crippen LogP contribution < -0.4 is 5.32 Å². The lowest BCUT2D eigenvalue weighted by atomic mass is 10.0. The summed E-state index contributed by atoms with van der Waals surface area (Å²) in [6.45, 7) is 6.33. The largest absolute Gasteiger partial charge is 0.465 e.